The van der Waals surface area contributed by atoms with Gasteiger partial charge in [-0.25, -0.2) is 0 Å². The topological polar surface area (TPSA) is 44.8 Å². The zero-order chi connectivity index (χ0) is 16.1. The van der Waals surface area contributed by atoms with Crippen LogP contribution in [0.2, 0.25) is 0 Å². The highest BCUT2D eigenvalue weighted by Crippen LogP contribution is 2.33. The average molecular weight is 312 g/mol. The van der Waals surface area contributed by atoms with Crippen LogP contribution in [0.1, 0.15) is 52.4 Å². The maximum absolute atomic E-state index is 12.3. The number of ether oxygens (including phenoxy) is 3. The maximum Gasteiger partial charge on any atom is 0.309 e. The highest BCUT2D eigenvalue weighted by molar-refractivity contribution is 5.72. The third-order valence-electron chi connectivity index (χ3n) is 5.72. The van der Waals surface area contributed by atoms with E-state index in [1.54, 1.807) is 14.2 Å². The quantitative estimate of drug-likeness (QED) is 0.730. The van der Waals surface area contributed by atoms with Crippen LogP contribution in [0.3, 0.4) is 0 Å². The lowest BCUT2D eigenvalue weighted by molar-refractivity contribution is -0.154. The molecule has 2 saturated carbocycles. The van der Waals surface area contributed by atoms with Gasteiger partial charge in [0.15, 0.2) is 0 Å². The molecule has 0 spiro atoms. The van der Waals surface area contributed by atoms with Crippen LogP contribution in [0.4, 0.5) is 0 Å². The minimum absolute atomic E-state index is 0.0181. The van der Waals surface area contributed by atoms with E-state index in [2.05, 4.69) is 13.8 Å². The molecule has 0 aromatic rings. The summed E-state index contributed by atoms with van der Waals surface area (Å²) in [5, 5.41) is 0. The Labute approximate surface area is 134 Å². The Kier molecular flexibility index (Phi) is 6.69. The van der Waals surface area contributed by atoms with Crippen LogP contribution in [0.15, 0.2) is 0 Å². The number of hydrogen-bond donors (Lipinski definition) is 0. The molecule has 2 rings (SSSR count). The molecule has 0 aromatic heterocycles. The molecule has 6 unspecified atom stereocenters. The molecule has 2 aliphatic rings. The standard InChI is InChI=1S/C18H32O4/c1-12-5-7-15(10-17(12)21-4)18(19)22-11-14-6-8-16(20-3)13(2)9-14/h12-17H,5-11H2,1-4H3. The summed E-state index contributed by atoms with van der Waals surface area (Å²) in [7, 11) is 3.53. The van der Waals surface area contributed by atoms with Crippen LogP contribution in [0, 0.1) is 23.7 Å². The third kappa shape index (κ3) is 4.45. The first-order valence-corrected chi connectivity index (χ1v) is 8.77. The molecular formula is C18H32O4. The van der Waals surface area contributed by atoms with Crippen LogP contribution in [0.25, 0.3) is 0 Å². The van der Waals surface area contributed by atoms with E-state index in [0.29, 0.717) is 30.5 Å². The van der Waals surface area contributed by atoms with Gasteiger partial charge in [0, 0.05) is 14.2 Å². The van der Waals surface area contributed by atoms with Crippen LogP contribution in [0.5, 0.6) is 0 Å². The summed E-state index contributed by atoms with van der Waals surface area (Å²) in [5.41, 5.74) is 0. The molecule has 0 saturated heterocycles. The van der Waals surface area contributed by atoms with E-state index in [0.717, 1.165) is 38.5 Å². The first kappa shape index (κ1) is 17.7. The van der Waals surface area contributed by atoms with E-state index < -0.39 is 0 Å². The summed E-state index contributed by atoms with van der Waals surface area (Å²) >= 11 is 0. The van der Waals surface area contributed by atoms with E-state index in [4.69, 9.17) is 14.2 Å². The Morgan fingerprint density at radius 2 is 1.64 bits per heavy atom. The van der Waals surface area contributed by atoms with Crippen molar-refractivity contribution in [2.75, 3.05) is 20.8 Å². The molecule has 0 radical (unpaired) electrons. The monoisotopic (exact) mass is 312 g/mol. The molecule has 4 heteroatoms. The summed E-state index contributed by atoms with van der Waals surface area (Å²) < 4.78 is 16.6. The molecule has 22 heavy (non-hydrogen) atoms. The highest BCUT2D eigenvalue weighted by atomic mass is 16.5. The van der Waals surface area contributed by atoms with Gasteiger partial charge in [-0.1, -0.05) is 13.8 Å². The molecule has 0 amide bonds. The lowest BCUT2D eigenvalue weighted by Crippen LogP contribution is -2.35. The van der Waals surface area contributed by atoms with Crippen molar-refractivity contribution in [1.29, 1.82) is 0 Å². The number of esters is 1. The SMILES string of the molecule is COC1CCC(COC(=O)C2CCC(C)C(OC)C2)CC1C. The van der Waals surface area contributed by atoms with Gasteiger partial charge < -0.3 is 14.2 Å². The number of carbonyl (C=O) groups is 1. The number of hydrogen-bond acceptors (Lipinski definition) is 4. The van der Waals surface area contributed by atoms with Gasteiger partial charge in [0.25, 0.3) is 0 Å². The molecule has 0 bridgehead atoms. The highest BCUT2D eigenvalue weighted by Gasteiger charge is 2.33. The zero-order valence-electron chi connectivity index (χ0n) is 14.5. The number of methoxy groups -OCH3 is 2. The van der Waals surface area contributed by atoms with Gasteiger partial charge in [-0.15, -0.1) is 0 Å². The van der Waals surface area contributed by atoms with Gasteiger partial charge in [0.1, 0.15) is 0 Å². The van der Waals surface area contributed by atoms with E-state index in [-0.39, 0.29) is 18.0 Å². The summed E-state index contributed by atoms with van der Waals surface area (Å²) in [4.78, 5) is 12.3. The van der Waals surface area contributed by atoms with Crippen LogP contribution < -0.4 is 0 Å². The largest absolute Gasteiger partial charge is 0.465 e. The first-order valence-electron chi connectivity index (χ1n) is 8.77. The van der Waals surface area contributed by atoms with Crippen LogP contribution in [-0.2, 0) is 19.0 Å². The fraction of sp³-hybridized carbons (Fsp3) is 0.944. The predicted octanol–water partition coefficient (Wildman–Crippen LogP) is 3.43. The maximum atomic E-state index is 12.3. The normalized spacial score (nSPS) is 39.5. The number of rotatable bonds is 5. The summed E-state index contributed by atoms with van der Waals surface area (Å²) in [6.45, 7) is 5.00. The van der Waals surface area contributed by atoms with Crippen LogP contribution >= 0.6 is 0 Å². The van der Waals surface area contributed by atoms with Gasteiger partial charge in [0.2, 0.25) is 0 Å². The Morgan fingerprint density at radius 3 is 2.27 bits per heavy atom. The second-order valence-electron chi connectivity index (χ2n) is 7.32. The molecule has 128 valence electrons. The van der Waals surface area contributed by atoms with Crippen molar-refractivity contribution < 1.29 is 19.0 Å². The third-order valence-corrected chi connectivity index (χ3v) is 5.72. The minimum Gasteiger partial charge on any atom is -0.465 e. The molecule has 0 aliphatic heterocycles. The molecule has 0 N–H and O–H groups in total. The molecule has 2 aliphatic carbocycles. The zero-order valence-corrected chi connectivity index (χ0v) is 14.5. The molecule has 0 aromatic carbocycles. The Hall–Kier alpha value is -0.610. The van der Waals surface area contributed by atoms with Gasteiger partial charge in [-0.3, -0.25) is 4.79 Å². The molecular weight excluding hydrogens is 280 g/mol. The summed E-state index contributed by atoms with van der Waals surface area (Å²) in [6, 6.07) is 0. The second-order valence-corrected chi connectivity index (χ2v) is 7.32. The van der Waals surface area contributed by atoms with Crippen molar-refractivity contribution in [3.63, 3.8) is 0 Å². The molecule has 0 heterocycles. The summed E-state index contributed by atoms with van der Waals surface area (Å²) in [6.07, 6.45) is 6.63. The van der Waals surface area contributed by atoms with Gasteiger partial charge in [0.05, 0.1) is 24.7 Å². The molecule has 2 fully saturated rings. The van der Waals surface area contributed by atoms with Gasteiger partial charge >= 0.3 is 5.97 Å². The fourth-order valence-corrected chi connectivity index (χ4v) is 4.12. The smallest absolute Gasteiger partial charge is 0.309 e. The van der Waals surface area contributed by atoms with E-state index >= 15 is 0 Å². The van der Waals surface area contributed by atoms with E-state index in [1.807, 2.05) is 0 Å². The van der Waals surface area contributed by atoms with Crippen molar-refractivity contribution in [1.82, 2.24) is 0 Å². The summed E-state index contributed by atoms with van der Waals surface area (Å²) in [5.74, 6) is 1.59. The lowest BCUT2D eigenvalue weighted by Gasteiger charge is -2.34. The first-order chi connectivity index (χ1) is 10.5. The van der Waals surface area contributed by atoms with Crippen molar-refractivity contribution in [3.05, 3.63) is 0 Å². The Bertz CT molecular complexity index is 357. The Balaban J connectivity index is 1.74. The van der Waals surface area contributed by atoms with Gasteiger partial charge in [-0.2, -0.15) is 0 Å². The lowest BCUT2D eigenvalue weighted by atomic mass is 9.80. The van der Waals surface area contributed by atoms with Crippen LogP contribution in [-0.4, -0.2) is 39.0 Å². The van der Waals surface area contributed by atoms with Crippen molar-refractivity contribution >= 4 is 5.97 Å². The molecule has 6 atom stereocenters. The second kappa shape index (κ2) is 8.30. The van der Waals surface area contributed by atoms with E-state index in [1.165, 1.54) is 0 Å². The molecule has 4 nitrogen and oxygen atoms in total. The Morgan fingerprint density at radius 1 is 0.909 bits per heavy atom. The average Bonchev–Trinajstić information content (AvgIpc) is 2.53. The van der Waals surface area contributed by atoms with Gasteiger partial charge in [-0.05, 0) is 56.3 Å². The van der Waals surface area contributed by atoms with Crippen molar-refractivity contribution in [3.8, 4) is 0 Å². The van der Waals surface area contributed by atoms with E-state index in [9.17, 15) is 4.79 Å². The minimum atomic E-state index is -0.0181. The fourth-order valence-electron chi connectivity index (χ4n) is 4.12. The van der Waals surface area contributed by atoms with Crippen molar-refractivity contribution in [2.24, 2.45) is 23.7 Å². The van der Waals surface area contributed by atoms with Crippen molar-refractivity contribution in [2.45, 2.75) is 64.6 Å². The predicted molar refractivity (Wildman–Crippen MR) is 85.6 cm³/mol. The number of carbonyl (C=O) groups excluding carboxylic acids is 1.